The summed E-state index contributed by atoms with van der Waals surface area (Å²) in [7, 11) is -3.68. The van der Waals surface area contributed by atoms with Gasteiger partial charge < -0.3 is 19.3 Å². The van der Waals surface area contributed by atoms with Crippen molar-refractivity contribution < 1.29 is 32.5 Å². The average molecular weight is 525 g/mol. The van der Waals surface area contributed by atoms with Gasteiger partial charge in [0.1, 0.15) is 5.78 Å². The zero-order valence-electron chi connectivity index (χ0n) is 20.2. The number of rotatable bonds is 12. The van der Waals surface area contributed by atoms with Crippen molar-refractivity contribution in [1.82, 2.24) is 9.71 Å². The number of hydrogen-bond acceptors (Lipinski definition) is 8. The molecule has 1 fully saturated rings. The van der Waals surface area contributed by atoms with E-state index in [-0.39, 0.29) is 50.3 Å². The Bertz CT molecular complexity index is 1390. The highest BCUT2D eigenvalue weighted by Crippen LogP contribution is 2.51. The number of Topliss-reactive ketones (excluding diaryl/α,β-unsaturated/α-hetero) is 1. The molecule has 0 amide bonds. The fourth-order valence-corrected chi connectivity index (χ4v) is 5.44. The summed E-state index contributed by atoms with van der Waals surface area (Å²) >= 11 is 0. The second-order valence-electron chi connectivity index (χ2n) is 9.02. The summed E-state index contributed by atoms with van der Waals surface area (Å²) in [6, 6.07) is 17.6. The molecule has 0 atom stereocenters. The van der Waals surface area contributed by atoms with E-state index >= 15 is 0 Å². The number of ketones is 1. The Labute approximate surface area is 215 Å². The van der Waals surface area contributed by atoms with Crippen molar-refractivity contribution in [1.29, 1.82) is 0 Å². The molecule has 3 aromatic rings. The number of aromatic nitrogens is 1. The number of carbonyl (C=O) groups is 1. The van der Waals surface area contributed by atoms with Crippen LogP contribution in [-0.2, 0) is 31.4 Å². The third kappa shape index (κ3) is 5.52. The topological polar surface area (TPSA) is 124 Å². The lowest BCUT2D eigenvalue weighted by molar-refractivity contribution is -0.120. The predicted molar refractivity (Wildman–Crippen MR) is 135 cm³/mol. The number of carbonyl (C=O) groups excluding carboxylic acids is 1. The molecule has 1 aliphatic carbocycles. The van der Waals surface area contributed by atoms with Gasteiger partial charge in [0, 0.05) is 24.2 Å². The van der Waals surface area contributed by atoms with Crippen LogP contribution < -0.4 is 14.2 Å². The summed E-state index contributed by atoms with van der Waals surface area (Å²) in [6.07, 6.45) is 1.79. The molecule has 1 aromatic heterocycles. The largest absolute Gasteiger partial charge is 0.454 e. The monoisotopic (exact) mass is 524 g/mol. The van der Waals surface area contributed by atoms with Crippen LogP contribution in [-0.4, -0.2) is 57.4 Å². The van der Waals surface area contributed by atoms with E-state index in [2.05, 4.69) is 9.71 Å². The number of benzene rings is 2. The van der Waals surface area contributed by atoms with Gasteiger partial charge in [-0.2, -0.15) is 0 Å². The van der Waals surface area contributed by atoms with Gasteiger partial charge in [-0.25, -0.2) is 13.1 Å². The van der Waals surface area contributed by atoms with Crippen LogP contribution in [0, 0.1) is 0 Å². The van der Waals surface area contributed by atoms with Gasteiger partial charge in [-0.05, 0) is 54.8 Å². The lowest BCUT2D eigenvalue weighted by Gasteiger charge is -2.15. The molecule has 2 aromatic carbocycles. The van der Waals surface area contributed by atoms with Crippen molar-refractivity contribution in [3.63, 3.8) is 0 Å². The van der Waals surface area contributed by atoms with Gasteiger partial charge in [0.15, 0.2) is 11.5 Å². The van der Waals surface area contributed by atoms with Crippen molar-refractivity contribution in [3.05, 3.63) is 71.9 Å². The lowest BCUT2D eigenvalue weighted by atomic mass is 9.88. The van der Waals surface area contributed by atoms with Crippen LogP contribution in [0.1, 0.15) is 24.1 Å². The lowest BCUT2D eigenvalue weighted by Crippen LogP contribution is -2.27. The van der Waals surface area contributed by atoms with Gasteiger partial charge in [0.2, 0.25) is 16.8 Å². The molecule has 194 valence electrons. The molecule has 9 nitrogen and oxygen atoms in total. The summed E-state index contributed by atoms with van der Waals surface area (Å²) in [5.41, 5.74) is 2.51. The van der Waals surface area contributed by atoms with Gasteiger partial charge in [-0.3, -0.25) is 9.78 Å². The Kier molecular flexibility index (Phi) is 7.25. The zero-order valence-corrected chi connectivity index (χ0v) is 21.0. The average Bonchev–Trinajstić information content (AvgIpc) is 3.59. The second kappa shape index (κ2) is 10.6. The fraction of sp³-hybridized carbons (Fsp3) is 0.333. The number of nitrogens with one attached hydrogen (secondary N) is 1. The molecule has 0 radical (unpaired) electrons. The normalized spacial score (nSPS) is 15.5. The number of aliphatic hydroxyl groups excluding tert-OH is 1. The summed E-state index contributed by atoms with van der Waals surface area (Å²) < 4.78 is 43.4. The van der Waals surface area contributed by atoms with Crippen LogP contribution in [0.25, 0.3) is 11.3 Å². The minimum absolute atomic E-state index is 0.107. The van der Waals surface area contributed by atoms with E-state index in [4.69, 9.17) is 19.3 Å². The molecule has 10 heteroatoms. The van der Waals surface area contributed by atoms with Crippen LogP contribution in [0.5, 0.6) is 11.5 Å². The first-order chi connectivity index (χ1) is 17.9. The molecule has 2 N–H and O–H groups in total. The van der Waals surface area contributed by atoms with Crippen LogP contribution in [0.3, 0.4) is 0 Å². The number of fused-ring (bicyclic) bond motifs is 1. The van der Waals surface area contributed by atoms with Crippen molar-refractivity contribution in [2.45, 2.75) is 29.6 Å². The zero-order chi connectivity index (χ0) is 25.9. The molecule has 0 bridgehead atoms. The van der Waals surface area contributed by atoms with E-state index < -0.39 is 15.4 Å². The van der Waals surface area contributed by atoms with E-state index in [9.17, 15) is 13.2 Å². The molecule has 1 saturated carbocycles. The Morgan fingerprint density at radius 3 is 2.57 bits per heavy atom. The summed E-state index contributed by atoms with van der Waals surface area (Å²) in [6.45, 7) is 0.519. The first kappa shape index (κ1) is 25.3. The van der Waals surface area contributed by atoms with Crippen molar-refractivity contribution in [3.8, 4) is 22.8 Å². The maximum atomic E-state index is 13.3. The van der Waals surface area contributed by atoms with Crippen molar-refractivity contribution >= 4 is 15.8 Å². The van der Waals surface area contributed by atoms with Gasteiger partial charge in [0.05, 0.1) is 35.8 Å². The molecular formula is C27H28N2O7S. The number of aliphatic hydroxyl groups is 1. The van der Waals surface area contributed by atoms with Crippen LogP contribution in [0.15, 0.2) is 65.6 Å². The molecule has 0 spiro atoms. The number of hydrogen-bond donors (Lipinski definition) is 2. The third-order valence-corrected chi connectivity index (χ3v) is 8.07. The molecule has 0 saturated heterocycles. The van der Waals surface area contributed by atoms with E-state index in [1.165, 1.54) is 12.1 Å². The first-order valence-corrected chi connectivity index (χ1v) is 13.6. The van der Waals surface area contributed by atoms with Crippen molar-refractivity contribution in [2.75, 3.05) is 33.2 Å². The van der Waals surface area contributed by atoms with Crippen LogP contribution >= 0.6 is 0 Å². The number of nitrogens with zero attached hydrogens (tertiary/aromatic N) is 1. The maximum absolute atomic E-state index is 13.3. The van der Waals surface area contributed by atoms with Gasteiger partial charge in [0.25, 0.3) is 0 Å². The Morgan fingerprint density at radius 2 is 1.81 bits per heavy atom. The molecule has 2 aliphatic rings. The van der Waals surface area contributed by atoms with E-state index in [0.29, 0.717) is 22.9 Å². The Balaban J connectivity index is 1.25. The number of pyridine rings is 1. The minimum Gasteiger partial charge on any atom is -0.454 e. The maximum Gasteiger partial charge on any atom is 0.240 e. The highest BCUT2D eigenvalue weighted by molar-refractivity contribution is 7.89. The van der Waals surface area contributed by atoms with Crippen LogP contribution in [0.4, 0.5) is 0 Å². The van der Waals surface area contributed by atoms with E-state index in [1.807, 2.05) is 36.4 Å². The number of ether oxygens (including phenoxy) is 3. The molecule has 5 rings (SSSR count). The first-order valence-electron chi connectivity index (χ1n) is 12.1. The standard InChI is InChI=1S/C27H28N2O7S/c30-13-15-34-14-12-28-37(32,33)22-7-4-19(5-8-22)23-3-1-2-21(29-23)17-26(31)27(10-11-27)20-6-9-24-25(16-20)36-18-35-24/h1-9,16,28,30H,10-15,17-18H2. The minimum atomic E-state index is -3.68. The smallest absolute Gasteiger partial charge is 0.240 e. The highest BCUT2D eigenvalue weighted by Gasteiger charge is 2.51. The Hall–Kier alpha value is -3.31. The SMILES string of the molecule is O=C(Cc1cccc(-c2ccc(S(=O)(=O)NCCOCCO)cc2)n1)C1(c2ccc3c(c2)OCO3)CC1. The molecule has 0 unspecified atom stereocenters. The molecule has 37 heavy (non-hydrogen) atoms. The quantitative estimate of drug-likeness (QED) is 0.347. The van der Waals surface area contributed by atoms with Gasteiger partial charge in [-0.15, -0.1) is 0 Å². The molecule has 1 aliphatic heterocycles. The predicted octanol–water partition coefficient (Wildman–Crippen LogP) is 2.61. The van der Waals surface area contributed by atoms with E-state index in [1.54, 1.807) is 12.1 Å². The van der Waals surface area contributed by atoms with E-state index in [0.717, 1.165) is 24.0 Å². The summed E-state index contributed by atoms with van der Waals surface area (Å²) in [4.78, 5) is 18.1. The molecule has 2 heterocycles. The molecular weight excluding hydrogens is 496 g/mol. The second-order valence-corrected chi connectivity index (χ2v) is 10.8. The summed E-state index contributed by atoms with van der Waals surface area (Å²) in [5.74, 6) is 1.49. The van der Waals surface area contributed by atoms with Gasteiger partial charge in [-0.1, -0.05) is 24.3 Å². The Morgan fingerprint density at radius 1 is 1.03 bits per heavy atom. The van der Waals surface area contributed by atoms with Crippen molar-refractivity contribution in [2.24, 2.45) is 0 Å². The van der Waals surface area contributed by atoms with Crippen LogP contribution in [0.2, 0.25) is 0 Å². The number of sulfonamides is 1. The fourth-order valence-electron chi connectivity index (χ4n) is 4.42. The summed E-state index contributed by atoms with van der Waals surface area (Å²) in [5, 5.41) is 8.70. The highest BCUT2D eigenvalue weighted by atomic mass is 32.2. The third-order valence-electron chi connectivity index (χ3n) is 6.59. The van der Waals surface area contributed by atoms with Gasteiger partial charge >= 0.3 is 0 Å².